The van der Waals surface area contributed by atoms with Gasteiger partial charge in [-0.2, -0.15) is 0 Å². The van der Waals surface area contributed by atoms with E-state index in [9.17, 15) is 4.79 Å². The third-order valence-corrected chi connectivity index (χ3v) is 2.87. The monoisotopic (exact) mass is 245 g/mol. The van der Waals surface area contributed by atoms with Crippen molar-refractivity contribution in [2.45, 2.75) is 19.1 Å². The first-order valence-electron chi connectivity index (χ1n) is 5.98. The van der Waals surface area contributed by atoms with E-state index in [2.05, 4.69) is 17.1 Å². The summed E-state index contributed by atoms with van der Waals surface area (Å²) in [5.41, 5.74) is 5.57. The highest BCUT2D eigenvalue weighted by Crippen LogP contribution is 2.10. The van der Waals surface area contributed by atoms with Crippen LogP contribution in [-0.2, 0) is 14.3 Å². The highest BCUT2D eigenvalue weighted by molar-refractivity contribution is 5.78. The zero-order valence-corrected chi connectivity index (χ0v) is 10.6. The van der Waals surface area contributed by atoms with Gasteiger partial charge in [0.05, 0.1) is 25.9 Å². The third kappa shape index (κ3) is 4.99. The minimum absolute atomic E-state index is 0.0200. The van der Waals surface area contributed by atoms with Crippen LogP contribution in [0.3, 0.4) is 0 Å². The molecule has 0 spiro atoms. The fourth-order valence-corrected chi connectivity index (χ4v) is 1.77. The zero-order valence-electron chi connectivity index (χ0n) is 10.6. The molecule has 0 aromatic carbocycles. The van der Waals surface area contributed by atoms with Crippen molar-refractivity contribution in [2.24, 2.45) is 5.73 Å². The Labute approximate surface area is 102 Å². The molecule has 1 aliphatic heterocycles. The van der Waals surface area contributed by atoms with E-state index in [0.29, 0.717) is 32.8 Å². The quantitative estimate of drug-likeness (QED) is 0.575. The van der Waals surface area contributed by atoms with Gasteiger partial charge in [0.1, 0.15) is 0 Å². The van der Waals surface area contributed by atoms with Crippen molar-refractivity contribution >= 4 is 5.91 Å². The van der Waals surface area contributed by atoms with E-state index in [1.807, 2.05) is 0 Å². The van der Waals surface area contributed by atoms with Gasteiger partial charge in [-0.05, 0) is 6.92 Å². The normalized spacial score (nSPS) is 25.8. The standard InChI is InChI=1S/C11H23N3O3/c1-9-8-17-10(5-12)6-14(9)7-11(15)13-3-4-16-2/h9-10H,3-8,12H2,1-2H3,(H,13,15). The van der Waals surface area contributed by atoms with Crippen molar-refractivity contribution in [2.75, 3.05) is 46.5 Å². The van der Waals surface area contributed by atoms with Crippen LogP contribution in [0.25, 0.3) is 0 Å². The lowest BCUT2D eigenvalue weighted by atomic mass is 10.2. The number of methoxy groups -OCH3 is 1. The second-order valence-electron chi connectivity index (χ2n) is 4.31. The van der Waals surface area contributed by atoms with Crippen molar-refractivity contribution in [3.8, 4) is 0 Å². The summed E-state index contributed by atoms with van der Waals surface area (Å²) in [6, 6.07) is 0.256. The second-order valence-corrected chi connectivity index (χ2v) is 4.31. The van der Waals surface area contributed by atoms with Gasteiger partial charge in [0.25, 0.3) is 0 Å². The Morgan fingerprint density at radius 3 is 3.06 bits per heavy atom. The molecule has 1 rings (SSSR count). The molecular weight excluding hydrogens is 222 g/mol. The zero-order chi connectivity index (χ0) is 12.7. The number of morpholine rings is 1. The van der Waals surface area contributed by atoms with Crippen molar-refractivity contribution in [1.29, 1.82) is 0 Å². The summed E-state index contributed by atoms with van der Waals surface area (Å²) in [5, 5.41) is 2.81. The molecule has 6 heteroatoms. The van der Waals surface area contributed by atoms with Gasteiger partial charge in [-0.3, -0.25) is 9.69 Å². The molecule has 0 aliphatic carbocycles. The molecule has 1 fully saturated rings. The van der Waals surface area contributed by atoms with Gasteiger partial charge < -0.3 is 20.5 Å². The SMILES string of the molecule is COCCNC(=O)CN1CC(CN)OCC1C. The summed E-state index contributed by atoms with van der Waals surface area (Å²) in [6.45, 7) is 5.38. The van der Waals surface area contributed by atoms with Crippen LogP contribution in [-0.4, -0.2) is 69.5 Å². The molecule has 1 heterocycles. The van der Waals surface area contributed by atoms with E-state index in [1.165, 1.54) is 0 Å². The molecule has 0 saturated carbocycles. The van der Waals surface area contributed by atoms with Crippen LogP contribution in [0.15, 0.2) is 0 Å². The number of nitrogens with two attached hydrogens (primary N) is 1. The number of hydrogen-bond acceptors (Lipinski definition) is 5. The predicted octanol–water partition coefficient (Wildman–Crippen LogP) is -1.20. The van der Waals surface area contributed by atoms with Gasteiger partial charge in [-0.25, -0.2) is 0 Å². The van der Waals surface area contributed by atoms with E-state index in [0.717, 1.165) is 6.54 Å². The lowest BCUT2D eigenvalue weighted by Crippen LogP contribution is -2.53. The van der Waals surface area contributed by atoms with Crippen LogP contribution in [0.4, 0.5) is 0 Å². The van der Waals surface area contributed by atoms with E-state index >= 15 is 0 Å². The molecule has 1 aliphatic rings. The largest absolute Gasteiger partial charge is 0.383 e. The Balaban J connectivity index is 2.30. The van der Waals surface area contributed by atoms with Crippen molar-refractivity contribution in [3.63, 3.8) is 0 Å². The van der Waals surface area contributed by atoms with Crippen LogP contribution in [0, 0.1) is 0 Å². The van der Waals surface area contributed by atoms with E-state index in [-0.39, 0.29) is 18.1 Å². The smallest absolute Gasteiger partial charge is 0.234 e. The number of carbonyl (C=O) groups is 1. The number of carbonyl (C=O) groups excluding carboxylic acids is 1. The van der Waals surface area contributed by atoms with Gasteiger partial charge in [0.2, 0.25) is 5.91 Å². The Kier molecular flexibility index (Phi) is 6.43. The van der Waals surface area contributed by atoms with Crippen LogP contribution in [0.1, 0.15) is 6.92 Å². The number of nitrogens with zero attached hydrogens (tertiary/aromatic N) is 1. The summed E-state index contributed by atoms with van der Waals surface area (Å²) in [6.07, 6.45) is 0.0398. The van der Waals surface area contributed by atoms with Crippen molar-refractivity contribution in [3.05, 3.63) is 0 Å². The topological polar surface area (TPSA) is 76.8 Å². The molecule has 2 atom stereocenters. The first kappa shape index (κ1) is 14.4. The fourth-order valence-electron chi connectivity index (χ4n) is 1.77. The number of rotatable bonds is 6. The summed E-state index contributed by atoms with van der Waals surface area (Å²) in [7, 11) is 1.61. The number of hydrogen-bond donors (Lipinski definition) is 2. The summed E-state index contributed by atoms with van der Waals surface area (Å²) >= 11 is 0. The summed E-state index contributed by atoms with van der Waals surface area (Å²) < 4.78 is 10.4. The van der Waals surface area contributed by atoms with Crippen LogP contribution in [0.2, 0.25) is 0 Å². The molecule has 2 unspecified atom stereocenters. The van der Waals surface area contributed by atoms with Crippen molar-refractivity contribution < 1.29 is 14.3 Å². The molecule has 1 amide bonds. The van der Waals surface area contributed by atoms with Gasteiger partial charge in [0, 0.05) is 32.8 Å². The lowest BCUT2D eigenvalue weighted by Gasteiger charge is -2.37. The van der Waals surface area contributed by atoms with Crippen LogP contribution >= 0.6 is 0 Å². The maximum atomic E-state index is 11.6. The summed E-state index contributed by atoms with van der Waals surface area (Å²) in [5.74, 6) is 0.0200. The van der Waals surface area contributed by atoms with Crippen LogP contribution < -0.4 is 11.1 Å². The maximum absolute atomic E-state index is 11.6. The molecule has 0 aromatic heterocycles. The van der Waals surface area contributed by atoms with E-state index in [4.69, 9.17) is 15.2 Å². The molecule has 17 heavy (non-hydrogen) atoms. The lowest BCUT2D eigenvalue weighted by molar-refractivity contribution is -0.126. The minimum atomic E-state index is 0.0200. The second kappa shape index (κ2) is 7.60. The minimum Gasteiger partial charge on any atom is -0.383 e. The number of ether oxygens (including phenoxy) is 2. The molecular formula is C11H23N3O3. The Bertz CT molecular complexity index is 238. The van der Waals surface area contributed by atoms with Gasteiger partial charge in [0.15, 0.2) is 0 Å². The first-order chi connectivity index (χ1) is 8.17. The molecule has 1 saturated heterocycles. The molecule has 0 radical (unpaired) electrons. The Morgan fingerprint density at radius 2 is 2.41 bits per heavy atom. The average Bonchev–Trinajstić information content (AvgIpc) is 2.32. The Hall–Kier alpha value is -0.690. The molecule has 100 valence electrons. The van der Waals surface area contributed by atoms with Gasteiger partial charge >= 0.3 is 0 Å². The third-order valence-electron chi connectivity index (χ3n) is 2.87. The highest BCUT2D eigenvalue weighted by Gasteiger charge is 2.26. The highest BCUT2D eigenvalue weighted by atomic mass is 16.5. The number of nitrogens with one attached hydrogen (secondary N) is 1. The van der Waals surface area contributed by atoms with Crippen LogP contribution in [0.5, 0.6) is 0 Å². The maximum Gasteiger partial charge on any atom is 0.234 e. The van der Waals surface area contributed by atoms with E-state index < -0.39 is 0 Å². The average molecular weight is 245 g/mol. The molecule has 0 bridgehead atoms. The van der Waals surface area contributed by atoms with E-state index in [1.54, 1.807) is 7.11 Å². The summed E-state index contributed by atoms with van der Waals surface area (Å²) in [4.78, 5) is 13.7. The Morgan fingerprint density at radius 1 is 1.65 bits per heavy atom. The van der Waals surface area contributed by atoms with Gasteiger partial charge in [-0.1, -0.05) is 0 Å². The molecule has 0 aromatic rings. The number of amides is 1. The fraction of sp³-hybridized carbons (Fsp3) is 0.909. The van der Waals surface area contributed by atoms with Gasteiger partial charge in [-0.15, -0.1) is 0 Å². The van der Waals surface area contributed by atoms with Crippen molar-refractivity contribution in [1.82, 2.24) is 10.2 Å². The molecule has 3 N–H and O–H groups in total. The molecule has 6 nitrogen and oxygen atoms in total. The first-order valence-corrected chi connectivity index (χ1v) is 5.98. The predicted molar refractivity (Wildman–Crippen MR) is 64.7 cm³/mol.